The molecule has 0 spiro atoms. The van der Waals surface area contributed by atoms with Gasteiger partial charge in [0, 0.05) is 29.1 Å². The third-order valence-electron chi connectivity index (χ3n) is 4.84. The minimum atomic E-state index is -3.63. The van der Waals surface area contributed by atoms with Crippen molar-refractivity contribution in [1.29, 1.82) is 0 Å². The number of nitrogens with one attached hydrogen (secondary N) is 1. The van der Waals surface area contributed by atoms with Crippen LogP contribution in [0.5, 0.6) is 0 Å². The maximum Gasteiger partial charge on any atom is 0.251 e. The molecule has 2 heterocycles. The monoisotopic (exact) mass is 392 g/mol. The second-order valence-electron chi connectivity index (χ2n) is 7.18. The van der Waals surface area contributed by atoms with Crippen LogP contribution in [0.1, 0.15) is 48.0 Å². The number of benzene rings is 1. The van der Waals surface area contributed by atoms with Crippen LogP contribution in [-0.2, 0) is 23.0 Å². The highest BCUT2D eigenvalue weighted by Crippen LogP contribution is 2.28. The van der Waals surface area contributed by atoms with Gasteiger partial charge < -0.3 is 5.32 Å². The van der Waals surface area contributed by atoms with Crippen LogP contribution in [0.25, 0.3) is 0 Å². The SMILES string of the molecule is CCC(C)(C)NC(=O)c1cccc(S(=O)(=O)N2CCc3sccc3C2)c1. The predicted molar refractivity (Wildman–Crippen MR) is 104 cm³/mol. The molecule has 0 saturated heterocycles. The number of fused-ring (bicyclic) bond motifs is 1. The van der Waals surface area contributed by atoms with Gasteiger partial charge in [0.1, 0.15) is 0 Å². The lowest BCUT2D eigenvalue weighted by atomic mass is 10.0. The van der Waals surface area contributed by atoms with Crippen LogP contribution in [0.2, 0.25) is 0 Å². The van der Waals surface area contributed by atoms with Crippen molar-refractivity contribution in [3.63, 3.8) is 0 Å². The smallest absolute Gasteiger partial charge is 0.251 e. The Morgan fingerprint density at radius 3 is 2.81 bits per heavy atom. The number of carbonyl (C=O) groups excluding carboxylic acids is 1. The molecule has 1 aromatic heterocycles. The molecule has 2 aromatic rings. The molecule has 0 aliphatic carbocycles. The van der Waals surface area contributed by atoms with Crippen molar-refractivity contribution in [2.45, 2.75) is 50.6 Å². The standard InChI is InChI=1S/C19H24N2O3S2/c1-4-19(2,3)20-18(22)14-6-5-7-16(12-14)26(23,24)21-10-8-17-15(13-21)9-11-25-17/h5-7,9,11-12H,4,8,10,13H2,1-3H3,(H,20,22). The largest absolute Gasteiger partial charge is 0.347 e. The van der Waals surface area contributed by atoms with Crippen LogP contribution < -0.4 is 5.32 Å². The van der Waals surface area contributed by atoms with Gasteiger partial charge in [0.15, 0.2) is 0 Å². The molecule has 0 atom stereocenters. The van der Waals surface area contributed by atoms with Crippen molar-refractivity contribution in [2.75, 3.05) is 6.54 Å². The van der Waals surface area contributed by atoms with Crippen LogP contribution >= 0.6 is 11.3 Å². The maximum atomic E-state index is 13.0. The molecule has 0 saturated carbocycles. The third-order valence-corrected chi connectivity index (χ3v) is 7.71. The van der Waals surface area contributed by atoms with E-state index in [2.05, 4.69) is 5.32 Å². The molecular formula is C19H24N2O3S2. The number of amides is 1. The molecule has 0 bridgehead atoms. The van der Waals surface area contributed by atoms with Gasteiger partial charge in [0.05, 0.1) is 4.90 Å². The maximum absolute atomic E-state index is 13.0. The van der Waals surface area contributed by atoms with E-state index in [0.29, 0.717) is 18.7 Å². The summed E-state index contributed by atoms with van der Waals surface area (Å²) in [6.07, 6.45) is 1.52. The van der Waals surface area contributed by atoms with Gasteiger partial charge in [-0.1, -0.05) is 13.0 Å². The summed E-state index contributed by atoms with van der Waals surface area (Å²) in [5, 5.41) is 4.95. The highest BCUT2D eigenvalue weighted by Gasteiger charge is 2.29. The minimum absolute atomic E-state index is 0.165. The van der Waals surface area contributed by atoms with Gasteiger partial charge in [-0.25, -0.2) is 8.42 Å². The zero-order chi connectivity index (χ0) is 18.9. The van der Waals surface area contributed by atoms with Crippen molar-refractivity contribution in [3.8, 4) is 0 Å². The van der Waals surface area contributed by atoms with Crippen molar-refractivity contribution in [3.05, 3.63) is 51.7 Å². The van der Waals surface area contributed by atoms with E-state index in [-0.39, 0.29) is 16.3 Å². The summed E-state index contributed by atoms with van der Waals surface area (Å²) < 4.78 is 27.6. The summed E-state index contributed by atoms with van der Waals surface area (Å²) in [7, 11) is -3.63. The lowest BCUT2D eigenvalue weighted by Gasteiger charge is -2.27. The molecule has 26 heavy (non-hydrogen) atoms. The van der Waals surface area contributed by atoms with Gasteiger partial charge in [0.2, 0.25) is 10.0 Å². The molecule has 1 aromatic carbocycles. The highest BCUT2D eigenvalue weighted by molar-refractivity contribution is 7.89. The van der Waals surface area contributed by atoms with Crippen LogP contribution in [0.4, 0.5) is 0 Å². The molecule has 1 N–H and O–H groups in total. The van der Waals surface area contributed by atoms with E-state index in [0.717, 1.165) is 18.4 Å². The topological polar surface area (TPSA) is 66.5 Å². The molecule has 0 fully saturated rings. The predicted octanol–water partition coefficient (Wildman–Crippen LogP) is 3.41. The number of sulfonamides is 1. The van der Waals surface area contributed by atoms with E-state index in [1.165, 1.54) is 15.2 Å². The van der Waals surface area contributed by atoms with Gasteiger partial charge in [-0.3, -0.25) is 4.79 Å². The first kappa shape index (κ1) is 19.1. The van der Waals surface area contributed by atoms with Gasteiger partial charge in [0.25, 0.3) is 5.91 Å². The Labute approximate surface area is 159 Å². The zero-order valence-electron chi connectivity index (χ0n) is 15.3. The fourth-order valence-corrected chi connectivity index (χ4v) is 5.20. The molecule has 140 valence electrons. The molecule has 3 rings (SSSR count). The summed E-state index contributed by atoms with van der Waals surface area (Å²) in [5.41, 5.74) is 1.10. The Kier molecular flexibility index (Phi) is 5.23. The second-order valence-corrected chi connectivity index (χ2v) is 10.1. The fourth-order valence-electron chi connectivity index (χ4n) is 2.84. The molecule has 5 nitrogen and oxygen atoms in total. The van der Waals surface area contributed by atoms with Gasteiger partial charge >= 0.3 is 0 Å². The van der Waals surface area contributed by atoms with E-state index in [1.807, 2.05) is 32.2 Å². The Morgan fingerprint density at radius 1 is 1.31 bits per heavy atom. The van der Waals surface area contributed by atoms with Crippen LogP contribution in [0, 0.1) is 0 Å². The number of carbonyl (C=O) groups is 1. The average Bonchev–Trinajstić information content (AvgIpc) is 3.09. The van der Waals surface area contributed by atoms with Crippen LogP contribution in [0.3, 0.4) is 0 Å². The van der Waals surface area contributed by atoms with E-state index in [1.54, 1.807) is 29.5 Å². The van der Waals surface area contributed by atoms with Crippen LogP contribution in [-0.4, -0.2) is 30.7 Å². The van der Waals surface area contributed by atoms with E-state index in [4.69, 9.17) is 0 Å². The lowest BCUT2D eigenvalue weighted by Crippen LogP contribution is -2.42. The Bertz CT molecular complexity index is 916. The highest BCUT2D eigenvalue weighted by atomic mass is 32.2. The third kappa shape index (κ3) is 3.84. The minimum Gasteiger partial charge on any atom is -0.347 e. The summed E-state index contributed by atoms with van der Waals surface area (Å²) in [5.74, 6) is -0.257. The van der Waals surface area contributed by atoms with Gasteiger partial charge in [-0.2, -0.15) is 4.31 Å². The Hall–Kier alpha value is -1.70. The fraction of sp³-hybridized carbons (Fsp3) is 0.421. The number of nitrogens with zero attached hydrogens (tertiary/aromatic N) is 1. The number of hydrogen-bond acceptors (Lipinski definition) is 4. The molecule has 0 radical (unpaired) electrons. The summed E-state index contributed by atoms with van der Waals surface area (Å²) >= 11 is 1.67. The Balaban J connectivity index is 1.84. The van der Waals surface area contributed by atoms with Crippen molar-refractivity contribution in [2.24, 2.45) is 0 Å². The molecule has 1 aliphatic rings. The molecule has 7 heteroatoms. The molecule has 0 unspecified atom stereocenters. The first-order valence-electron chi connectivity index (χ1n) is 8.71. The summed E-state index contributed by atoms with van der Waals surface area (Å²) in [4.78, 5) is 13.9. The van der Waals surface area contributed by atoms with Crippen molar-refractivity contribution in [1.82, 2.24) is 9.62 Å². The molecule has 1 aliphatic heterocycles. The quantitative estimate of drug-likeness (QED) is 0.848. The molecular weight excluding hydrogens is 368 g/mol. The first-order chi connectivity index (χ1) is 12.2. The lowest BCUT2D eigenvalue weighted by molar-refractivity contribution is 0.0911. The summed E-state index contributed by atoms with van der Waals surface area (Å²) in [6.45, 7) is 6.74. The number of hydrogen-bond donors (Lipinski definition) is 1. The zero-order valence-corrected chi connectivity index (χ0v) is 16.9. The van der Waals surface area contributed by atoms with E-state index < -0.39 is 10.0 Å². The van der Waals surface area contributed by atoms with Gasteiger partial charge in [-0.05, 0) is 61.9 Å². The van der Waals surface area contributed by atoms with E-state index in [9.17, 15) is 13.2 Å². The Morgan fingerprint density at radius 2 is 2.08 bits per heavy atom. The number of thiophene rings is 1. The average molecular weight is 393 g/mol. The first-order valence-corrected chi connectivity index (χ1v) is 11.0. The van der Waals surface area contributed by atoms with Crippen molar-refractivity contribution >= 4 is 27.3 Å². The number of rotatable bonds is 5. The van der Waals surface area contributed by atoms with Crippen molar-refractivity contribution < 1.29 is 13.2 Å². The second kappa shape index (κ2) is 7.13. The summed E-state index contributed by atoms with van der Waals surface area (Å²) in [6, 6.07) is 8.28. The van der Waals surface area contributed by atoms with E-state index >= 15 is 0 Å². The van der Waals surface area contributed by atoms with Crippen LogP contribution in [0.15, 0.2) is 40.6 Å². The van der Waals surface area contributed by atoms with Gasteiger partial charge in [-0.15, -0.1) is 11.3 Å². The normalized spacial score (nSPS) is 15.5. The molecule has 1 amide bonds.